The second-order valence-corrected chi connectivity index (χ2v) is 7.74. The molecule has 0 fully saturated rings. The van der Waals surface area contributed by atoms with Gasteiger partial charge < -0.3 is 4.90 Å². The maximum atomic E-state index is 12.8. The number of halogens is 1. The van der Waals surface area contributed by atoms with Gasteiger partial charge in [-0.05, 0) is 42.8 Å². The van der Waals surface area contributed by atoms with E-state index < -0.39 is 0 Å². The molecule has 1 amide bonds. The SMILES string of the molecule is Cc1nc(/C=C/C(=O)N(Cc2ccc(Br)cc2)Cc2ccccn2)cs1. The number of hydrogen-bond donors (Lipinski definition) is 0. The molecule has 0 atom stereocenters. The minimum Gasteiger partial charge on any atom is -0.329 e. The quantitative estimate of drug-likeness (QED) is 0.528. The normalized spacial score (nSPS) is 11.0. The number of benzene rings is 1. The number of carbonyl (C=O) groups is 1. The van der Waals surface area contributed by atoms with E-state index in [1.54, 1.807) is 34.6 Å². The number of aromatic nitrogens is 2. The smallest absolute Gasteiger partial charge is 0.247 e. The molecule has 0 aliphatic carbocycles. The van der Waals surface area contributed by atoms with E-state index in [4.69, 9.17) is 0 Å². The number of amides is 1. The van der Waals surface area contributed by atoms with Gasteiger partial charge in [0.2, 0.25) is 5.91 Å². The topological polar surface area (TPSA) is 46.1 Å². The van der Waals surface area contributed by atoms with E-state index in [1.807, 2.05) is 54.8 Å². The third-order valence-electron chi connectivity index (χ3n) is 3.71. The van der Waals surface area contributed by atoms with Gasteiger partial charge in [0.15, 0.2) is 0 Å². The summed E-state index contributed by atoms with van der Waals surface area (Å²) in [7, 11) is 0. The molecule has 0 radical (unpaired) electrons. The molecule has 6 heteroatoms. The van der Waals surface area contributed by atoms with Crippen LogP contribution in [-0.2, 0) is 17.9 Å². The van der Waals surface area contributed by atoms with Gasteiger partial charge in [0, 0.05) is 28.7 Å². The molecule has 0 N–H and O–H groups in total. The average Bonchev–Trinajstić information content (AvgIpc) is 3.07. The first kappa shape index (κ1) is 18.5. The molecule has 4 nitrogen and oxygen atoms in total. The zero-order valence-corrected chi connectivity index (χ0v) is 16.7. The lowest BCUT2D eigenvalue weighted by atomic mass is 10.2. The van der Waals surface area contributed by atoms with Gasteiger partial charge in [-0.15, -0.1) is 11.3 Å². The predicted octanol–water partition coefficient (Wildman–Crippen LogP) is 4.85. The number of rotatable bonds is 6. The van der Waals surface area contributed by atoms with E-state index in [9.17, 15) is 4.79 Å². The van der Waals surface area contributed by atoms with Gasteiger partial charge in [0.25, 0.3) is 0 Å². The first-order chi connectivity index (χ1) is 12.6. The molecule has 0 aliphatic rings. The molecule has 0 spiro atoms. The summed E-state index contributed by atoms with van der Waals surface area (Å²) in [5.74, 6) is -0.0655. The molecule has 0 bridgehead atoms. The van der Waals surface area contributed by atoms with Crippen LogP contribution >= 0.6 is 27.3 Å². The third-order valence-corrected chi connectivity index (χ3v) is 5.03. The summed E-state index contributed by atoms with van der Waals surface area (Å²) in [5, 5.41) is 2.93. The molecule has 0 saturated carbocycles. The minimum atomic E-state index is -0.0655. The van der Waals surface area contributed by atoms with E-state index in [1.165, 1.54) is 0 Å². The van der Waals surface area contributed by atoms with Crippen molar-refractivity contribution in [2.24, 2.45) is 0 Å². The van der Waals surface area contributed by atoms with Crippen molar-refractivity contribution in [1.82, 2.24) is 14.9 Å². The summed E-state index contributed by atoms with van der Waals surface area (Å²) >= 11 is 5.01. The highest BCUT2D eigenvalue weighted by molar-refractivity contribution is 9.10. The highest BCUT2D eigenvalue weighted by Gasteiger charge is 2.13. The van der Waals surface area contributed by atoms with E-state index in [-0.39, 0.29) is 5.91 Å². The zero-order valence-electron chi connectivity index (χ0n) is 14.3. The van der Waals surface area contributed by atoms with Crippen LogP contribution in [0, 0.1) is 6.92 Å². The predicted molar refractivity (Wildman–Crippen MR) is 109 cm³/mol. The Morgan fingerprint density at radius 3 is 2.65 bits per heavy atom. The number of thiazole rings is 1. The van der Waals surface area contributed by atoms with Gasteiger partial charge in [-0.2, -0.15) is 0 Å². The number of aryl methyl sites for hydroxylation is 1. The summed E-state index contributed by atoms with van der Waals surface area (Å²) in [6.45, 7) is 2.92. The maximum Gasteiger partial charge on any atom is 0.247 e. The van der Waals surface area contributed by atoms with Crippen molar-refractivity contribution in [2.45, 2.75) is 20.0 Å². The van der Waals surface area contributed by atoms with E-state index in [0.717, 1.165) is 26.4 Å². The number of pyridine rings is 1. The standard InChI is InChI=1S/C20H18BrN3OS/c1-15-23-19(14-26-15)9-10-20(25)24(13-18-4-2-3-11-22-18)12-16-5-7-17(21)8-6-16/h2-11,14H,12-13H2,1H3/b10-9+. The second-order valence-electron chi connectivity index (χ2n) is 5.77. The molecular formula is C20H18BrN3OS. The van der Waals surface area contributed by atoms with Gasteiger partial charge in [0.1, 0.15) is 0 Å². The fraction of sp³-hybridized carbons (Fsp3) is 0.150. The Kier molecular flexibility index (Phi) is 6.30. The minimum absolute atomic E-state index is 0.0655. The van der Waals surface area contributed by atoms with Crippen molar-refractivity contribution in [3.63, 3.8) is 0 Å². The summed E-state index contributed by atoms with van der Waals surface area (Å²) in [5.41, 5.74) is 2.73. The Bertz CT molecular complexity index is 891. The van der Waals surface area contributed by atoms with Crippen molar-refractivity contribution < 1.29 is 4.79 Å². The van der Waals surface area contributed by atoms with Gasteiger partial charge in [-0.1, -0.05) is 34.1 Å². The van der Waals surface area contributed by atoms with Crippen LogP contribution in [0.2, 0.25) is 0 Å². The lowest BCUT2D eigenvalue weighted by Crippen LogP contribution is -2.28. The lowest BCUT2D eigenvalue weighted by molar-refractivity contribution is -0.127. The third kappa shape index (κ3) is 5.34. The van der Waals surface area contributed by atoms with Gasteiger partial charge >= 0.3 is 0 Å². The highest BCUT2D eigenvalue weighted by Crippen LogP contribution is 2.15. The largest absolute Gasteiger partial charge is 0.329 e. The first-order valence-electron chi connectivity index (χ1n) is 8.13. The average molecular weight is 428 g/mol. The Morgan fingerprint density at radius 2 is 2.00 bits per heavy atom. The van der Waals surface area contributed by atoms with E-state index in [0.29, 0.717) is 13.1 Å². The molecule has 0 saturated heterocycles. The van der Waals surface area contributed by atoms with Crippen LogP contribution in [0.1, 0.15) is 22.0 Å². The Morgan fingerprint density at radius 1 is 1.19 bits per heavy atom. The Balaban J connectivity index is 1.77. The van der Waals surface area contributed by atoms with Crippen LogP contribution in [0.15, 0.2) is 64.6 Å². The molecule has 26 heavy (non-hydrogen) atoms. The van der Waals surface area contributed by atoms with Crippen LogP contribution in [0.5, 0.6) is 0 Å². The molecule has 0 unspecified atom stereocenters. The van der Waals surface area contributed by atoms with Gasteiger partial charge in [-0.25, -0.2) is 4.98 Å². The number of carbonyl (C=O) groups excluding carboxylic acids is 1. The Labute approximate surface area is 165 Å². The summed E-state index contributed by atoms with van der Waals surface area (Å²) in [6, 6.07) is 13.7. The van der Waals surface area contributed by atoms with E-state index in [2.05, 4.69) is 25.9 Å². The summed E-state index contributed by atoms with van der Waals surface area (Å²) in [4.78, 5) is 23.3. The van der Waals surface area contributed by atoms with Crippen molar-refractivity contribution in [3.8, 4) is 0 Å². The van der Waals surface area contributed by atoms with Crippen LogP contribution in [0.4, 0.5) is 0 Å². The lowest BCUT2D eigenvalue weighted by Gasteiger charge is -2.21. The highest BCUT2D eigenvalue weighted by atomic mass is 79.9. The molecule has 2 heterocycles. The molecule has 3 rings (SSSR count). The fourth-order valence-corrected chi connectivity index (χ4v) is 3.27. The molecule has 2 aromatic heterocycles. The molecular weight excluding hydrogens is 410 g/mol. The molecule has 132 valence electrons. The summed E-state index contributed by atoms with van der Waals surface area (Å²) in [6.07, 6.45) is 5.08. The van der Waals surface area contributed by atoms with Crippen LogP contribution in [0.25, 0.3) is 6.08 Å². The van der Waals surface area contributed by atoms with Crippen LogP contribution in [-0.4, -0.2) is 20.8 Å². The molecule has 1 aromatic carbocycles. The first-order valence-corrected chi connectivity index (χ1v) is 9.81. The van der Waals surface area contributed by atoms with Crippen molar-refractivity contribution >= 4 is 39.2 Å². The number of hydrogen-bond acceptors (Lipinski definition) is 4. The van der Waals surface area contributed by atoms with Crippen LogP contribution < -0.4 is 0 Å². The molecule has 3 aromatic rings. The second kappa shape index (κ2) is 8.87. The summed E-state index contributed by atoms with van der Waals surface area (Å²) < 4.78 is 1.02. The molecule has 0 aliphatic heterocycles. The van der Waals surface area contributed by atoms with Gasteiger partial charge in [-0.3, -0.25) is 9.78 Å². The maximum absolute atomic E-state index is 12.8. The van der Waals surface area contributed by atoms with Gasteiger partial charge in [0.05, 0.1) is 22.9 Å². The number of nitrogens with zero attached hydrogens (tertiary/aromatic N) is 3. The van der Waals surface area contributed by atoms with Crippen LogP contribution in [0.3, 0.4) is 0 Å². The fourth-order valence-electron chi connectivity index (χ4n) is 2.43. The van der Waals surface area contributed by atoms with E-state index >= 15 is 0 Å². The van der Waals surface area contributed by atoms with Crippen molar-refractivity contribution in [1.29, 1.82) is 0 Å². The Hall–Kier alpha value is -2.31. The monoisotopic (exact) mass is 427 g/mol. The zero-order chi connectivity index (χ0) is 18.4. The van der Waals surface area contributed by atoms with Crippen molar-refractivity contribution in [2.75, 3.05) is 0 Å². The van der Waals surface area contributed by atoms with Crippen molar-refractivity contribution in [3.05, 3.63) is 86.5 Å².